The summed E-state index contributed by atoms with van der Waals surface area (Å²) in [6, 6.07) is 0.685. The zero-order chi connectivity index (χ0) is 11.1. The Kier molecular flexibility index (Phi) is 4.90. The van der Waals surface area contributed by atoms with E-state index in [1.807, 2.05) is 25.1 Å². The molecule has 0 aliphatic carbocycles. The van der Waals surface area contributed by atoms with Crippen LogP contribution >= 0.6 is 0 Å². The standard InChI is InChI=1S/C11H19N3O/c1-4-5-6-7-14(3)11-13-10(8-12-2)9-15-11/h4,9,12H,1,5-8H2,2-3H3. The molecule has 0 aliphatic heterocycles. The van der Waals surface area contributed by atoms with Gasteiger partial charge in [-0.15, -0.1) is 6.58 Å². The first-order chi connectivity index (χ1) is 7.27. The first-order valence-electron chi connectivity index (χ1n) is 5.19. The second kappa shape index (κ2) is 6.24. The Balaban J connectivity index is 2.42. The zero-order valence-corrected chi connectivity index (χ0v) is 9.49. The van der Waals surface area contributed by atoms with Gasteiger partial charge in [0.25, 0.3) is 6.01 Å². The molecular formula is C11H19N3O. The van der Waals surface area contributed by atoms with Crippen LogP contribution in [-0.2, 0) is 6.54 Å². The molecule has 0 amide bonds. The SMILES string of the molecule is C=CCCCN(C)c1nc(CNC)co1. The highest BCUT2D eigenvalue weighted by atomic mass is 16.4. The van der Waals surface area contributed by atoms with Gasteiger partial charge in [0.15, 0.2) is 0 Å². The number of unbranched alkanes of at least 4 members (excludes halogenated alkanes) is 1. The van der Waals surface area contributed by atoms with Gasteiger partial charge in [-0.1, -0.05) is 6.08 Å². The van der Waals surface area contributed by atoms with E-state index in [1.54, 1.807) is 6.26 Å². The summed E-state index contributed by atoms with van der Waals surface area (Å²) in [6.45, 7) is 5.37. The summed E-state index contributed by atoms with van der Waals surface area (Å²) in [5.41, 5.74) is 0.933. The monoisotopic (exact) mass is 209 g/mol. The van der Waals surface area contributed by atoms with Gasteiger partial charge in [-0.25, -0.2) is 0 Å². The van der Waals surface area contributed by atoms with Gasteiger partial charge < -0.3 is 14.6 Å². The van der Waals surface area contributed by atoms with Crippen LogP contribution in [0, 0.1) is 0 Å². The summed E-state index contributed by atoms with van der Waals surface area (Å²) >= 11 is 0. The van der Waals surface area contributed by atoms with Gasteiger partial charge in [0.1, 0.15) is 6.26 Å². The number of hydrogen-bond donors (Lipinski definition) is 1. The van der Waals surface area contributed by atoms with Crippen LogP contribution in [0.1, 0.15) is 18.5 Å². The highest BCUT2D eigenvalue weighted by Crippen LogP contribution is 2.12. The molecule has 1 aromatic rings. The fraction of sp³-hybridized carbons (Fsp3) is 0.545. The van der Waals surface area contributed by atoms with E-state index in [4.69, 9.17) is 4.42 Å². The summed E-state index contributed by atoms with van der Waals surface area (Å²) in [7, 11) is 3.88. The highest BCUT2D eigenvalue weighted by molar-refractivity contribution is 5.24. The Bertz CT molecular complexity index is 296. The number of nitrogens with one attached hydrogen (secondary N) is 1. The Morgan fingerprint density at radius 2 is 2.47 bits per heavy atom. The van der Waals surface area contributed by atoms with Crippen LogP contribution in [-0.4, -0.2) is 25.6 Å². The van der Waals surface area contributed by atoms with Crippen LogP contribution in [0.25, 0.3) is 0 Å². The second-order valence-electron chi connectivity index (χ2n) is 3.50. The number of allylic oxidation sites excluding steroid dienone is 1. The maximum absolute atomic E-state index is 5.36. The minimum Gasteiger partial charge on any atom is -0.432 e. The summed E-state index contributed by atoms with van der Waals surface area (Å²) in [5, 5.41) is 3.03. The molecule has 1 heterocycles. The minimum absolute atomic E-state index is 0.685. The number of anilines is 1. The molecule has 0 fully saturated rings. The molecule has 0 saturated carbocycles. The van der Waals surface area contributed by atoms with E-state index in [1.165, 1.54) is 0 Å². The average Bonchev–Trinajstić information content (AvgIpc) is 2.67. The minimum atomic E-state index is 0.685. The maximum atomic E-state index is 5.36. The van der Waals surface area contributed by atoms with E-state index < -0.39 is 0 Å². The molecule has 0 saturated heterocycles. The first kappa shape index (κ1) is 11.8. The second-order valence-corrected chi connectivity index (χ2v) is 3.50. The van der Waals surface area contributed by atoms with Crippen molar-refractivity contribution in [2.75, 3.05) is 25.5 Å². The van der Waals surface area contributed by atoms with E-state index in [-0.39, 0.29) is 0 Å². The molecule has 1 aromatic heterocycles. The average molecular weight is 209 g/mol. The summed E-state index contributed by atoms with van der Waals surface area (Å²) in [6.07, 6.45) is 5.71. The number of aromatic nitrogens is 1. The molecular weight excluding hydrogens is 190 g/mol. The van der Waals surface area contributed by atoms with Gasteiger partial charge in [0.2, 0.25) is 0 Å². The Morgan fingerprint density at radius 3 is 3.13 bits per heavy atom. The molecule has 0 radical (unpaired) electrons. The third-order valence-corrected chi connectivity index (χ3v) is 2.13. The molecule has 15 heavy (non-hydrogen) atoms. The number of nitrogens with zero attached hydrogens (tertiary/aromatic N) is 2. The van der Waals surface area contributed by atoms with Crippen molar-refractivity contribution in [1.82, 2.24) is 10.3 Å². The Labute approximate surface area is 91.0 Å². The zero-order valence-electron chi connectivity index (χ0n) is 9.49. The van der Waals surface area contributed by atoms with Gasteiger partial charge in [-0.3, -0.25) is 0 Å². The molecule has 0 spiro atoms. The van der Waals surface area contributed by atoms with E-state index in [0.29, 0.717) is 6.01 Å². The Hall–Kier alpha value is -1.29. The van der Waals surface area contributed by atoms with Crippen molar-refractivity contribution in [3.63, 3.8) is 0 Å². The molecule has 0 bridgehead atoms. The van der Waals surface area contributed by atoms with Gasteiger partial charge in [-0.2, -0.15) is 4.98 Å². The third kappa shape index (κ3) is 3.75. The Morgan fingerprint density at radius 1 is 1.67 bits per heavy atom. The van der Waals surface area contributed by atoms with Crippen molar-refractivity contribution >= 4 is 6.01 Å². The molecule has 0 atom stereocenters. The lowest BCUT2D eigenvalue weighted by molar-refractivity contribution is 0.541. The van der Waals surface area contributed by atoms with E-state index in [2.05, 4.69) is 16.9 Å². The van der Waals surface area contributed by atoms with E-state index in [9.17, 15) is 0 Å². The lowest BCUT2D eigenvalue weighted by atomic mass is 10.3. The van der Waals surface area contributed by atoms with Crippen molar-refractivity contribution in [3.8, 4) is 0 Å². The summed E-state index contributed by atoms with van der Waals surface area (Å²) in [4.78, 5) is 6.37. The van der Waals surface area contributed by atoms with E-state index in [0.717, 1.165) is 31.6 Å². The summed E-state index contributed by atoms with van der Waals surface area (Å²) in [5.74, 6) is 0. The lowest BCUT2D eigenvalue weighted by Gasteiger charge is -2.12. The molecule has 84 valence electrons. The lowest BCUT2D eigenvalue weighted by Crippen LogP contribution is -2.18. The molecule has 0 aliphatic rings. The van der Waals surface area contributed by atoms with Crippen molar-refractivity contribution in [3.05, 3.63) is 24.6 Å². The largest absolute Gasteiger partial charge is 0.432 e. The molecule has 1 rings (SSSR count). The van der Waals surface area contributed by atoms with Crippen molar-refractivity contribution in [1.29, 1.82) is 0 Å². The van der Waals surface area contributed by atoms with Crippen LogP contribution in [0.3, 0.4) is 0 Å². The first-order valence-corrected chi connectivity index (χ1v) is 5.19. The van der Waals surface area contributed by atoms with E-state index >= 15 is 0 Å². The predicted molar refractivity (Wildman–Crippen MR) is 62.0 cm³/mol. The van der Waals surface area contributed by atoms with Gasteiger partial charge >= 0.3 is 0 Å². The van der Waals surface area contributed by atoms with Crippen LogP contribution in [0.5, 0.6) is 0 Å². The van der Waals surface area contributed by atoms with Gasteiger partial charge in [0.05, 0.1) is 5.69 Å². The molecule has 0 unspecified atom stereocenters. The van der Waals surface area contributed by atoms with Crippen LogP contribution in [0.2, 0.25) is 0 Å². The fourth-order valence-electron chi connectivity index (χ4n) is 1.30. The predicted octanol–water partition coefficient (Wildman–Crippen LogP) is 1.80. The molecule has 4 nitrogen and oxygen atoms in total. The van der Waals surface area contributed by atoms with Crippen LogP contribution < -0.4 is 10.2 Å². The van der Waals surface area contributed by atoms with Gasteiger partial charge in [-0.05, 0) is 19.9 Å². The molecule has 4 heteroatoms. The molecule has 1 N–H and O–H groups in total. The number of hydrogen-bond acceptors (Lipinski definition) is 4. The highest BCUT2D eigenvalue weighted by Gasteiger charge is 2.07. The fourth-order valence-corrected chi connectivity index (χ4v) is 1.30. The number of rotatable bonds is 7. The number of oxazole rings is 1. The van der Waals surface area contributed by atoms with Gasteiger partial charge in [0, 0.05) is 20.1 Å². The molecule has 0 aromatic carbocycles. The smallest absolute Gasteiger partial charge is 0.297 e. The van der Waals surface area contributed by atoms with Crippen molar-refractivity contribution in [2.24, 2.45) is 0 Å². The van der Waals surface area contributed by atoms with Crippen molar-refractivity contribution < 1.29 is 4.42 Å². The third-order valence-electron chi connectivity index (χ3n) is 2.13. The maximum Gasteiger partial charge on any atom is 0.297 e. The van der Waals surface area contributed by atoms with Crippen LogP contribution in [0.15, 0.2) is 23.3 Å². The summed E-state index contributed by atoms with van der Waals surface area (Å²) < 4.78 is 5.36. The normalized spacial score (nSPS) is 10.3. The quantitative estimate of drug-likeness (QED) is 0.549. The van der Waals surface area contributed by atoms with Crippen molar-refractivity contribution in [2.45, 2.75) is 19.4 Å². The van der Waals surface area contributed by atoms with Crippen LogP contribution in [0.4, 0.5) is 6.01 Å². The topological polar surface area (TPSA) is 41.3 Å².